The minimum absolute atomic E-state index is 0.163. The number of ether oxygens (including phenoxy) is 1. The molecule has 1 unspecified atom stereocenters. The summed E-state index contributed by atoms with van der Waals surface area (Å²) in [4.78, 5) is 24.0. The molecule has 1 aliphatic heterocycles. The highest BCUT2D eigenvalue weighted by Crippen LogP contribution is 2.29. The standard InChI is InChI=1S/C12H12Cl2N2O3/c1-7(17)15-5-9-6-16(12(18)19-9)8-2-3-10(13)11(14)4-8/h2-4,9H,5-6H2,1H3,(H,15,17). The number of benzene rings is 1. The first-order valence-corrected chi connectivity index (χ1v) is 6.40. The SMILES string of the molecule is CC(=O)NCC1CN(c2ccc(Cl)c(Cl)c2)C(=O)O1. The second-order valence-electron chi connectivity index (χ2n) is 4.15. The third kappa shape index (κ3) is 3.30. The van der Waals surface area contributed by atoms with Crippen molar-refractivity contribution in [1.82, 2.24) is 5.32 Å². The highest BCUT2D eigenvalue weighted by atomic mass is 35.5. The summed E-state index contributed by atoms with van der Waals surface area (Å²) in [6.07, 6.45) is -0.834. The van der Waals surface area contributed by atoms with Crippen molar-refractivity contribution in [3.8, 4) is 0 Å². The molecule has 7 heteroatoms. The molecule has 1 N–H and O–H groups in total. The highest BCUT2D eigenvalue weighted by Gasteiger charge is 2.32. The zero-order chi connectivity index (χ0) is 14.0. The van der Waals surface area contributed by atoms with Crippen LogP contribution >= 0.6 is 23.2 Å². The summed E-state index contributed by atoms with van der Waals surface area (Å²) in [5, 5.41) is 3.41. The molecule has 1 aromatic rings. The largest absolute Gasteiger partial charge is 0.442 e. The number of rotatable bonds is 3. The number of cyclic esters (lactones) is 1. The second-order valence-corrected chi connectivity index (χ2v) is 4.97. The van der Waals surface area contributed by atoms with E-state index in [0.717, 1.165) is 0 Å². The van der Waals surface area contributed by atoms with Gasteiger partial charge in [-0.05, 0) is 18.2 Å². The fourth-order valence-corrected chi connectivity index (χ4v) is 2.04. The first-order chi connectivity index (χ1) is 8.97. The Morgan fingerprint density at radius 3 is 2.84 bits per heavy atom. The Bertz CT molecular complexity index is 522. The molecule has 0 aromatic heterocycles. The molecule has 0 bridgehead atoms. The van der Waals surface area contributed by atoms with Crippen LogP contribution in [0.5, 0.6) is 0 Å². The van der Waals surface area contributed by atoms with Crippen LogP contribution in [0.25, 0.3) is 0 Å². The van der Waals surface area contributed by atoms with Gasteiger partial charge in [0, 0.05) is 12.6 Å². The minimum Gasteiger partial charge on any atom is -0.442 e. The number of anilines is 1. The maximum Gasteiger partial charge on any atom is 0.414 e. The predicted molar refractivity (Wildman–Crippen MR) is 72.8 cm³/mol. The Kier molecular flexibility index (Phi) is 4.17. The normalized spacial score (nSPS) is 18.4. The second kappa shape index (κ2) is 5.67. The van der Waals surface area contributed by atoms with Crippen LogP contribution in [-0.2, 0) is 9.53 Å². The highest BCUT2D eigenvalue weighted by molar-refractivity contribution is 6.42. The monoisotopic (exact) mass is 302 g/mol. The van der Waals surface area contributed by atoms with E-state index >= 15 is 0 Å². The lowest BCUT2D eigenvalue weighted by molar-refractivity contribution is -0.119. The summed E-state index contributed by atoms with van der Waals surface area (Å²) in [5.41, 5.74) is 0.615. The molecular formula is C12H12Cl2N2O3. The number of carbonyl (C=O) groups excluding carboxylic acids is 2. The first-order valence-electron chi connectivity index (χ1n) is 5.65. The van der Waals surface area contributed by atoms with E-state index < -0.39 is 6.09 Å². The van der Waals surface area contributed by atoms with Gasteiger partial charge in [-0.3, -0.25) is 9.69 Å². The molecule has 0 aliphatic carbocycles. The van der Waals surface area contributed by atoms with Gasteiger partial charge in [0.05, 0.1) is 23.1 Å². The van der Waals surface area contributed by atoms with Gasteiger partial charge in [-0.1, -0.05) is 23.2 Å². The van der Waals surface area contributed by atoms with E-state index in [1.807, 2.05) is 0 Å². The van der Waals surface area contributed by atoms with Gasteiger partial charge in [-0.15, -0.1) is 0 Å². The van der Waals surface area contributed by atoms with Crippen LogP contribution in [0.3, 0.4) is 0 Å². The predicted octanol–water partition coefficient (Wildman–Crippen LogP) is 2.45. The van der Waals surface area contributed by atoms with E-state index in [9.17, 15) is 9.59 Å². The fourth-order valence-electron chi connectivity index (χ4n) is 1.75. The van der Waals surface area contributed by atoms with E-state index in [-0.39, 0.29) is 12.0 Å². The average Bonchev–Trinajstić information content (AvgIpc) is 2.72. The Hall–Kier alpha value is -1.46. The molecule has 2 rings (SSSR count). The minimum atomic E-state index is -0.464. The number of carbonyl (C=O) groups is 2. The molecule has 1 fully saturated rings. The molecule has 1 heterocycles. The molecule has 0 saturated carbocycles. The lowest BCUT2D eigenvalue weighted by atomic mass is 10.2. The van der Waals surface area contributed by atoms with Crippen molar-refractivity contribution in [1.29, 1.82) is 0 Å². The van der Waals surface area contributed by atoms with Crippen LogP contribution in [-0.4, -0.2) is 31.2 Å². The van der Waals surface area contributed by atoms with Crippen LogP contribution in [0.15, 0.2) is 18.2 Å². The summed E-state index contributed by atoms with van der Waals surface area (Å²) < 4.78 is 5.15. The molecule has 102 valence electrons. The molecule has 0 radical (unpaired) electrons. The third-order valence-corrected chi connectivity index (χ3v) is 3.41. The Labute approximate surface area is 120 Å². The first kappa shape index (κ1) is 14.0. The molecule has 2 amide bonds. The Morgan fingerprint density at radius 2 is 2.21 bits per heavy atom. The quantitative estimate of drug-likeness (QED) is 0.933. The molecule has 1 atom stereocenters. The van der Waals surface area contributed by atoms with Gasteiger partial charge >= 0.3 is 6.09 Å². The van der Waals surface area contributed by atoms with Gasteiger partial charge in [-0.2, -0.15) is 0 Å². The van der Waals surface area contributed by atoms with Gasteiger partial charge in [0.15, 0.2) is 0 Å². The summed E-state index contributed by atoms with van der Waals surface area (Å²) in [5.74, 6) is -0.163. The van der Waals surface area contributed by atoms with E-state index in [2.05, 4.69) is 5.32 Å². The summed E-state index contributed by atoms with van der Waals surface area (Å²) >= 11 is 11.7. The van der Waals surface area contributed by atoms with Gasteiger partial charge in [0.2, 0.25) is 5.91 Å². The van der Waals surface area contributed by atoms with Crippen LogP contribution in [0, 0.1) is 0 Å². The maximum absolute atomic E-state index is 11.7. The van der Waals surface area contributed by atoms with Crippen molar-refractivity contribution in [2.45, 2.75) is 13.0 Å². The molecule has 0 spiro atoms. The maximum atomic E-state index is 11.7. The van der Waals surface area contributed by atoms with Gasteiger partial charge in [-0.25, -0.2) is 4.79 Å². The molecule has 5 nitrogen and oxygen atoms in total. The van der Waals surface area contributed by atoms with E-state index in [4.69, 9.17) is 27.9 Å². The number of nitrogens with zero attached hydrogens (tertiary/aromatic N) is 1. The average molecular weight is 303 g/mol. The van der Waals surface area contributed by atoms with Crippen LogP contribution in [0.1, 0.15) is 6.92 Å². The zero-order valence-electron chi connectivity index (χ0n) is 10.2. The number of halogens is 2. The van der Waals surface area contributed by atoms with Crippen LogP contribution < -0.4 is 10.2 Å². The summed E-state index contributed by atoms with van der Waals surface area (Å²) in [7, 11) is 0. The van der Waals surface area contributed by atoms with Crippen LogP contribution in [0.4, 0.5) is 10.5 Å². The lowest BCUT2D eigenvalue weighted by Gasteiger charge is -2.13. The van der Waals surface area contributed by atoms with Crippen molar-refractivity contribution >= 4 is 40.9 Å². The lowest BCUT2D eigenvalue weighted by Crippen LogP contribution is -2.33. The number of amides is 2. The molecule has 19 heavy (non-hydrogen) atoms. The number of nitrogens with one attached hydrogen (secondary N) is 1. The summed E-state index contributed by atoms with van der Waals surface area (Å²) in [6, 6.07) is 4.91. The van der Waals surface area contributed by atoms with Crippen molar-refractivity contribution in [2.24, 2.45) is 0 Å². The molecule has 1 aromatic carbocycles. The van der Waals surface area contributed by atoms with Crippen LogP contribution in [0.2, 0.25) is 10.0 Å². The van der Waals surface area contributed by atoms with Gasteiger partial charge in [0.25, 0.3) is 0 Å². The third-order valence-electron chi connectivity index (χ3n) is 2.67. The summed E-state index contributed by atoms with van der Waals surface area (Å²) in [6.45, 7) is 2.06. The Balaban J connectivity index is 2.07. The van der Waals surface area contributed by atoms with Crippen molar-refractivity contribution in [3.05, 3.63) is 28.2 Å². The van der Waals surface area contributed by atoms with Crippen molar-refractivity contribution in [2.75, 3.05) is 18.0 Å². The molecule has 1 aliphatic rings. The van der Waals surface area contributed by atoms with E-state index in [1.54, 1.807) is 18.2 Å². The van der Waals surface area contributed by atoms with E-state index in [0.29, 0.717) is 28.8 Å². The fraction of sp³-hybridized carbons (Fsp3) is 0.333. The molecular weight excluding hydrogens is 291 g/mol. The molecule has 1 saturated heterocycles. The van der Waals surface area contributed by atoms with Gasteiger partial charge in [0.1, 0.15) is 6.10 Å². The van der Waals surface area contributed by atoms with E-state index in [1.165, 1.54) is 11.8 Å². The Morgan fingerprint density at radius 1 is 1.47 bits per heavy atom. The number of hydrogen-bond donors (Lipinski definition) is 1. The topological polar surface area (TPSA) is 58.6 Å². The zero-order valence-corrected chi connectivity index (χ0v) is 11.7. The smallest absolute Gasteiger partial charge is 0.414 e. The van der Waals surface area contributed by atoms with Crippen molar-refractivity contribution < 1.29 is 14.3 Å². The van der Waals surface area contributed by atoms with Crippen molar-refractivity contribution in [3.63, 3.8) is 0 Å². The van der Waals surface area contributed by atoms with Gasteiger partial charge < -0.3 is 10.1 Å². The number of hydrogen-bond acceptors (Lipinski definition) is 3.